The zero-order valence-corrected chi connectivity index (χ0v) is 12.7. The maximum atomic E-state index is 12.6. The first kappa shape index (κ1) is 14.8. The molecule has 20 heavy (non-hydrogen) atoms. The van der Waals surface area contributed by atoms with Gasteiger partial charge in [0.25, 0.3) is 5.91 Å². The van der Waals surface area contributed by atoms with Crippen LogP contribution in [0.3, 0.4) is 0 Å². The van der Waals surface area contributed by atoms with Crippen LogP contribution >= 0.6 is 0 Å². The molecule has 1 N–H and O–H groups in total. The van der Waals surface area contributed by atoms with Crippen LogP contribution in [-0.4, -0.2) is 34.4 Å². The van der Waals surface area contributed by atoms with Crippen LogP contribution in [0, 0.1) is 0 Å². The molecule has 4 heteroatoms. The van der Waals surface area contributed by atoms with E-state index in [0.29, 0.717) is 17.8 Å². The molecule has 4 nitrogen and oxygen atoms in total. The molecule has 0 bridgehead atoms. The summed E-state index contributed by atoms with van der Waals surface area (Å²) in [6, 6.07) is 4.49. The topological polar surface area (TPSA) is 45.2 Å². The predicted octanol–water partition coefficient (Wildman–Crippen LogP) is 3.31. The maximum Gasteiger partial charge on any atom is 0.272 e. The second-order valence-corrected chi connectivity index (χ2v) is 5.79. The average Bonchev–Trinajstić information content (AvgIpc) is 2.46. The fourth-order valence-electron chi connectivity index (χ4n) is 2.81. The molecule has 0 saturated carbocycles. The quantitative estimate of drug-likeness (QED) is 0.917. The van der Waals surface area contributed by atoms with Crippen molar-refractivity contribution in [2.45, 2.75) is 58.5 Å². The van der Waals surface area contributed by atoms with Crippen molar-refractivity contribution in [2.75, 3.05) is 11.9 Å². The van der Waals surface area contributed by atoms with Crippen molar-refractivity contribution in [1.29, 1.82) is 0 Å². The summed E-state index contributed by atoms with van der Waals surface area (Å²) in [6.07, 6.45) is 6.18. The van der Waals surface area contributed by atoms with E-state index in [4.69, 9.17) is 0 Å². The third-order valence-corrected chi connectivity index (χ3v) is 3.79. The van der Waals surface area contributed by atoms with Gasteiger partial charge < -0.3 is 10.2 Å². The Labute approximate surface area is 121 Å². The molecule has 0 radical (unpaired) electrons. The molecule has 1 unspecified atom stereocenters. The van der Waals surface area contributed by atoms with Gasteiger partial charge in [-0.15, -0.1) is 0 Å². The lowest BCUT2D eigenvalue weighted by atomic mass is 9.99. The largest absolute Gasteiger partial charge is 0.383 e. The van der Waals surface area contributed by atoms with Gasteiger partial charge in [0.05, 0.1) is 0 Å². The van der Waals surface area contributed by atoms with Gasteiger partial charge >= 0.3 is 0 Å². The highest BCUT2D eigenvalue weighted by Crippen LogP contribution is 2.22. The second-order valence-electron chi connectivity index (χ2n) is 5.79. The summed E-state index contributed by atoms with van der Waals surface area (Å²) in [4.78, 5) is 18.9. The molecule has 1 aromatic rings. The first-order valence-corrected chi connectivity index (χ1v) is 7.65. The van der Waals surface area contributed by atoms with Gasteiger partial charge in [-0.2, -0.15) is 0 Å². The molecule has 1 amide bonds. The van der Waals surface area contributed by atoms with E-state index in [1.54, 1.807) is 6.20 Å². The number of pyridine rings is 1. The van der Waals surface area contributed by atoms with Gasteiger partial charge in [-0.05, 0) is 51.7 Å². The van der Waals surface area contributed by atoms with E-state index in [9.17, 15) is 4.79 Å². The highest BCUT2D eigenvalue weighted by molar-refractivity contribution is 5.93. The molecule has 0 aromatic carbocycles. The van der Waals surface area contributed by atoms with E-state index in [1.165, 1.54) is 6.42 Å². The zero-order chi connectivity index (χ0) is 14.5. The molecule has 1 fully saturated rings. The van der Waals surface area contributed by atoms with Gasteiger partial charge in [0.15, 0.2) is 0 Å². The number of carbonyl (C=O) groups is 1. The Morgan fingerprint density at radius 1 is 1.50 bits per heavy atom. The van der Waals surface area contributed by atoms with Gasteiger partial charge in [-0.25, -0.2) is 0 Å². The lowest BCUT2D eigenvalue weighted by molar-refractivity contribution is 0.0602. The number of hydrogen-bond donors (Lipinski definition) is 1. The monoisotopic (exact) mass is 275 g/mol. The highest BCUT2D eigenvalue weighted by atomic mass is 16.2. The van der Waals surface area contributed by atoms with E-state index in [1.807, 2.05) is 17.0 Å². The molecule has 2 heterocycles. The third kappa shape index (κ3) is 3.50. The molecule has 0 aliphatic carbocycles. The maximum absolute atomic E-state index is 12.6. The zero-order valence-electron chi connectivity index (χ0n) is 12.7. The molecule has 1 aromatic heterocycles. The Hall–Kier alpha value is -1.58. The average molecular weight is 275 g/mol. The Morgan fingerprint density at radius 2 is 2.30 bits per heavy atom. The van der Waals surface area contributed by atoms with Gasteiger partial charge in [0.2, 0.25) is 0 Å². The number of carbonyl (C=O) groups excluding carboxylic acids is 1. The van der Waals surface area contributed by atoms with Crippen LogP contribution in [0.15, 0.2) is 18.3 Å². The first-order chi connectivity index (χ1) is 9.61. The van der Waals surface area contributed by atoms with Crippen LogP contribution in [0.5, 0.6) is 0 Å². The van der Waals surface area contributed by atoms with Crippen LogP contribution in [-0.2, 0) is 0 Å². The van der Waals surface area contributed by atoms with Crippen molar-refractivity contribution >= 4 is 11.6 Å². The van der Waals surface area contributed by atoms with Crippen molar-refractivity contribution in [1.82, 2.24) is 9.88 Å². The number of anilines is 1. The highest BCUT2D eigenvalue weighted by Gasteiger charge is 2.26. The number of nitrogens with one attached hydrogen (secondary N) is 1. The van der Waals surface area contributed by atoms with Gasteiger partial charge in [-0.1, -0.05) is 6.92 Å². The molecular formula is C16H25N3O. The molecular weight excluding hydrogens is 250 g/mol. The SMILES string of the molecule is CCC1CCCCN1C(=O)c1cc(NC(C)C)ccn1. The van der Waals surface area contributed by atoms with Crippen LogP contribution < -0.4 is 5.32 Å². The van der Waals surface area contributed by atoms with Crippen LogP contribution in [0.1, 0.15) is 56.9 Å². The number of hydrogen-bond acceptors (Lipinski definition) is 3. The lowest BCUT2D eigenvalue weighted by Gasteiger charge is -2.35. The fraction of sp³-hybridized carbons (Fsp3) is 0.625. The summed E-state index contributed by atoms with van der Waals surface area (Å²) in [6.45, 7) is 7.18. The second kappa shape index (κ2) is 6.73. The lowest BCUT2D eigenvalue weighted by Crippen LogP contribution is -2.43. The van der Waals surface area contributed by atoms with E-state index in [-0.39, 0.29) is 5.91 Å². The number of piperidine rings is 1. The molecule has 110 valence electrons. The van der Waals surface area contributed by atoms with Crippen LogP contribution in [0.25, 0.3) is 0 Å². The number of likely N-dealkylation sites (tertiary alicyclic amines) is 1. The molecule has 1 saturated heterocycles. The fourth-order valence-corrected chi connectivity index (χ4v) is 2.81. The van der Waals surface area contributed by atoms with Gasteiger partial charge in [0.1, 0.15) is 5.69 Å². The predicted molar refractivity (Wildman–Crippen MR) is 82.0 cm³/mol. The van der Waals surface area contributed by atoms with E-state index in [2.05, 4.69) is 31.1 Å². The van der Waals surface area contributed by atoms with Crippen molar-refractivity contribution < 1.29 is 4.79 Å². The molecule has 2 rings (SSSR count). The summed E-state index contributed by atoms with van der Waals surface area (Å²) in [5, 5.41) is 3.32. The van der Waals surface area contributed by atoms with Crippen molar-refractivity contribution in [2.24, 2.45) is 0 Å². The van der Waals surface area contributed by atoms with Crippen LogP contribution in [0.2, 0.25) is 0 Å². The standard InChI is InChI=1S/C16H25N3O/c1-4-14-7-5-6-10-19(14)16(20)15-11-13(8-9-17-15)18-12(2)3/h8-9,11-12,14H,4-7,10H2,1-3H3,(H,17,18). The van der Waals surface area contributed by atoms with Crippen molar-refractivity contribution in [3.8, 4) is 0 Å². The minimum atomic E-state index is 0.0731. The summed E-state index contributed by atoms with van der Waals surface area (Å²) in [5.41, 5.74) is 1.51. The summed E-state index contributed by atoms with van der Waals surface area (Å²) in [5.74, 6) is 0.0731. The number of aromatic nitrogens is 1. The third-order valence-electron chi connectivity index (χ3n) is 3.79. The normalized spacial score (nSPS) is 19.2. The Kier molecular flexibility index (Phi) is 4.99. The van der Waals surface area contributed by atoms with Crippen LogP contribution in [0.4, 0.5) is 5.69 Å². The number of amides is 1. The Bertz CT molecular complexity index is 459. The molecule has 0 spiro atoms. The summed E-state index contributed by atoms with van der Waals surface area (Å²) < 4.78 is 0. The van der Waals surface area contributed by atoms with E-state index in [0.717, 1.165) is 31.5 Å². The van der Waals surface area contributed by atoms with E-state index >= 15 is 0 Å². The number of rotatable bonds is 4. The van der Waals surface area contributed by atoms with Crippen molar-refractivity contribution in [3.63, 3.8) is 0 Å². The smallest absolute Gasteiger partial charge is 0.272 e. The molecule has 1 aliphatic heterocycles. The Morgan fingerprint density at radius 3 is 3.00 bits per heavy atom. The minimum absolute atomic E-state index is 0.0731. The Balaban J connectivity index is 2.15. The summed E-state index contributed by atoms with van der Waals surface area (Å²) in [7, 11) is 0. The molecule has 1 atom stereocenters. The van der Waals surface area contributed by atoms with Gasteiger partial charge in [-0.3, -0.25) is 9.78 Å². The first-order valence-electron chi connectivity index (χ1n) is 7.65. The van der Waals surface area contributed by atoms with Gasteiger partial charge in [0, 0.05) is 30.5 Å². The van der Waals surface area contributed by atoms with Crippen molar-refractivity contribution in [3.05, 3.63) is 24.0 Å². The molecule has 1 aliphatic rings. The number of nitrogens with zero attached hydrogens (tertiary/aromatic N) is 2. The van der Waals surface area contributed by atoms with E-state index < -0.39 is 0 Å². The minimum Gasteiger partial charge on any atom is -0.383 e. The summed E-state index contributed by atoms with van der Waals surface area (Å²) >= 11 is 0.